The maximum absolute atomic E-state index is 13.1. The number of rotatable bonds is 8. The fourth-order valence-corrected chi connectivity index (χ4v) is 3.62. The summed E-state index contributed by atoms with van der Waals surface area (Å²) < 4.78 is 5.53. The molecule has 0 heterocycles. The molecule has 3 nitrogen and oxygen atoms in total. The van der Waals surface area contributed by atoms with Crippen LogP contribution in [0.1, 0.15) is 35.3 Å². The number of hydrogen-bond donors (Lipinski definition) is 1. The molecule has 0 aromatic heterocycles. The lowest BCUT2D eigenvalue weighted by molar-refractivity contribution is 0.0976. The number of Topliss-reactive ketones (excluding diaryl/α,β-unsaturated/α-hetero) is 1. The molecule has 4 aromatic carbocycles. The summed E-state index contributed by atoms with van der Waals surface area (Å²) in [6.45, 7) is 2.61. The van der Waals surface area contributed by atoms with Crippen molar-refractivity contribution in [2.45, 2.75) is 19.4 Å². The Bertz CT molecular complexity index is 1120. The van der Waals surface area contributed by atoms with Crippen LogP contribution in [0.25, 0.3) is 10.8 Å². The first-order valence-corrected chi connectivity index (χ1v) is 10.3. The van der Waals surface area contributed by atoms with E-state index < -0.39 is 0 Å². The Labute approximate surface area is 177 Å². The molecule has 3 heteroatoms. The van der Waals surface area contributed by atoms with E-state index in [1.54, 1.807) is 0 Å². The zero-order valence-corrected chi connectivity index (χ0v) is 17.0. The number of anilines is 1. The van der Waals surface area contributed by atoms with Gasteiger partial charge in [0.25, 0.3) is 0 Å². The van der Waals surface area contributed by atoms with E-state index in [1.165, 1.54) is 0 Å². The summed E-state index contributed by atoms with van der Waals surface area (Å²) in [4.78, 5) is 13.1. The number of carbonyl (C=O) groups is 1. The first kappa shape index (κ1) is 19.7. The molecule has 0 aliphatic heterocycles. The van der Waals surface area contributed by atoms with Gasteiger partial charge in [0, 0.05) is 17.7 Å². The van der Waals surface area contributed by atoms with Crippen molar-refractivity contribution in [1.29, 1.82) is 0 Å². The normalized spacial score (nSPS) is 11.8. The molecule has 1 atom stereocenters. The van der Waals surface area contributed by atoms with Gasteiger partial charge in [-0.3, -0.25) is 4.79 Å². The van der Waals surface area contributed by atoms with Gasteiger partial charge in [-0.1, -0.05) is 66.7 Å². The average molecular weight is 396 g/mol. The van der Waals surface area contributed by atoms with Crippen LogP contribution in [0.15, 0.2) is 97.1 Å². The summed E-state index contributed by atoms with van der Waals surface area (Å²) >= 11 is 0. The van der Waals surface area contributed by atoms with Crippen LogP contribution >= 0.6 is 0 Å². The molecular weight excluding hydrogens is 370 g/mol. The van der Waals surface area contributed by atoms with Crippen molar-refractivity contribution in [1.82, 2.24) is 0 Å². The van der Waals surface area contributed by atoms with Gasteiger partial charge in [0.05, 0.1) is 12.6 Å². The van der Waals surface area contributed by atoms with E-state index in [9.17, 15) is 4.79 Å². The van der Waals surface area contributed by atoms with Crippen LogP contribution in [-0.4, -0.2) is 12.4 Å². The van der Waals surface area contributed by atoms with E-state index >= 15 is 0 Å². The first-order chi connectivity index (χ1) is 14.7. The van der Waals surface area contributed by atoms with Gasteiger partial charge in [-0.25, -0.2) is 0 Å². The molecule has 30 heavy (non-hydrogen) atoms. The van der Waals surface area contributed by atoms with Crippen molar-refractivity contribution in [3.63, 3.8) is 0 Å². The Hall–Kier alpha value is -3.59. The highest BCUT2D eigenvalue weighted by Gasteiger charge is 2.17. The highest BCUT2D eigenvalue weighted by Crippen LogP contribution is 2.26. The number of ether oxygens (including phenoxy) is 1. The van der Waals surface area contributed by atoms with Crippen LogP contribution in [0.5, 0.6) is 5.75 Å². The molecule has 0 aliphatic carbocycles. The van der Waals surface area contributed by atoms with E-state index in [2.05, 4.69) is 23.5 Å². The molecule has 0 spiro atoms. The van der Waals surface area contributed by atoms with Gasteiger partial charge in [0.1, 0.15) is 5.75 Å². The quantitative estimate of drug-likeness (QED) is 0.339. The molecule has 0 amide bonds. The molecule has 0 fully saturated rings. The number of hydrogen-bond acceptors (Lipinski definition) is 3. The summed E-state index contributed by atoms with van der Waals surface area (Å²) in [5, 5.41) is 5.75. The van der Waals surface area contributed by atoms with Crippen LogP contribution in [-0.2, 0) is 0 Å². The topological polar surface area (TPSA) is 38.3 Å². The van der Waals surface area contributed by atoms with Crippen LogP contribution in [0, 0.1) is 0 Å². The summed E-state index contributed by atoms with van der Waals surface area (Å²) in [7, 11) is 0. The highest BCUT2D eigenvalue weighted by atomic mass is 16.5. The maximum atomic E-state index is 13.1. The summed E-state index contributed by atoms with van der Waals surface area (Å²) in [5.74, 6) is 0.958. The molecule has 0 saturated heterocycles. The minimum absolute atomic E-state index is 0.119. The monoisotopic (exact) mass is 395 g/mol. The number of nitrogens with one attached hydrogen (secondary N) is 1. The van der Waals surface area contributed by atoms with Crippen LogP contribution in [0.4, 0.5) is 5.69 Å². The molecule has 1 N–H and O–H groups in total. The minimum atomic E-state index is -0.122. The summed E-state index contributed by atoms with van der Waals surface area (Å²) in [6.07, 6.45) is 0.371. The lowest BCUT2D eigenvalue weighted by atomic mass is 9.96. The third-order valence-corrected chi connectivity index (χ3v) is 5.17. The highest BCUT2D eigenvalue weighted by molar-refractivity contribution is 6.00. The second-order valence-electron chi connectivity index (χ2n) is 7.25. The summed E-state index contributed by atoms with van der Waals surface area (Å²) in [5.41, 5.74) is 2.78. The molecule has 0 aliphatic rings. The second kappa shape index (κ2) is 9.27. The van der Waals surface area contributed by atoms with Crippen LogP contribution in [0.2, 0.25) is 0 Å². The molecule has 1 unspecified atom stereocenters. The number of benzene rings is 4. The Morgan fingerprint density at radius 1 is 0.833 bits per heavy atom. The number of ketones is 1. The first-order valence-electron chi connectivity index (χ1n) is 10.3. The molecule has 0 bridgehead atoms. The second-order valence-corrected chi connectivity index (χ2v) is 7.25. The van der Waals surface area contributed by atoms with E-state index in [0.29, 0.717) is 13.0 Å². The van der Waals surface area contributed by atoms with Crippen molar-refractivity contribution < 1.29 is 9.53 Å². The van der Waals surface area contributed by atoms with Crippen LogP contribution in [0.3, 0.4) is 0 Å². The van der Waals surface area contributed by atoms with Gasteiger partial charge in [-0.05, 0) is 53.6 Å². The van der Waals surface area contributed by atoms with Gasteiger partial charge in [0.15, 0.2) is 5.78 Å². The molecule has 4 aromatic rings. The smallest absolute Gasteiger partial charge is 0.165 e. The lowest BCUT2D eigenvalue weighted by Crippen LogP contribution is -2.15. The zero-order valence-electron chi connectivity index (χ0n) is 17.0. The Morgan fingerprint density at radius 3 is 2.27 bits per heavy atom. The fourth-order valence-electron chi connectivity index (χ4n) is 3.62. The molecule has 150 valence electrons. The van der Waals surface area contributed by atoms with Crippen molar-refractivity contribution in [3.05, 3.63) is 108 Å². The predicted octanol–water partition coefficient (Wildman–Crippen LogP) is 6.66. The van der Waals surface area contributed by atoms with Gasteiger partial charge >= 0.3 is 0 Å². The predicted molar refractivity (Wildman–Crippen MR) is 123 cm³/mol. The van der Waals surface area contributed by atoms with Gasteiger partial charge in [0.2, 0.25) is 0 Å². The molecule has 0 radical (unpaired) electrons. The zero-order chi connectivity index (χ0) is 20.8. The van der Waals surface area contributed by atoms with Gasteiger partial charge < -0.3 is 10.1 Å². The molecular formula is C27H25NO2. The van der Waals surface area contributed by atoms with Crippen LogP contribution < -0.4 is 10.1 Å². The van der Waals surface area contributed by atoms with Crippen molar-refractivity contribution in [2.75, 3.05) is 11.9 Å². The third-order valence-electron chi connectivity index (χ3n) is 5.17. The van der Waals surface area contributed by atoms with E-state index in [4.69, 9.17) is 4.74 Å². The van der Waals surface area contributed by atoms with E-state index in [1.807, 2.05) is 85.8 Å². The average Bonchev–Trinajstić information content (AvgIpc) is 2.80. The molecule has 4 rings (SSSR count). The van der Waals surface area contributed by atoms with Gasteiger partial charge in [-0.15, -0.1) is 0 Å². The van der Waals surface area contributed by atoms with Gasteiger partial charge in [-0.2, -0.15) is 0 Å². The summed E-state index contributed by atoms with van der Waals surface area (Å²) in [6, 6.07) is 31.9. The van der Waals surface area contributed by atoms with E-state index in [0.717, 1.165) is 33.3 Å². The Balaban J connectivity index is 1.56. The largest absolute Gasteiger partial charge is 0.494 e. The third kappa shape index (κ3) is 4.69. The maximum Gasteiger partial charge on any atom is 0.165 e. The van der Waals surface area contributed by atoms with Crippen molar-refractivity contribution >= 4 is 22.2 Å². The Kier molecular flexibility index (Phi) is 6.09. The fraction of sp³-hybridized carbons (Fsp3) is 0.148. The number of fused-ring (bicyclic) bond motifs is 1. The minimum Gasteiger partial charge on any atom is -0.494 e. The SMILES string of the molecule is CCOc1ccc(NC(CC(=O)c2ccc3ccccc3c2)c2ccccc2)cc1. The molecule has 0 saturated carbocycles. The standard InChI is InChI=1S/C27H25NO2/c1-2-30-25-16-14-24(15-17-25)28-26(21-9-4-3-5-10-21)19-27(29)23-13-12-20-8-6-7-11-22(20)18-23/h3-18,26,28H,2,19H2,1H3. The van der Waals surface area contributed by atoms with Crippen molar-refractivity contribution in [2.24, 2.45) is 0 Å². The number of carbonyl (C=O) groups excluding carboxylic acids is 1. The Morgan fingerprint density at radius 2 is 1.53 bits per heavy atom. The van der Waals surface area contributed by atoms with E-state index in [-0.39, 0.29) is 11.8 Å². The lowest BCUT2D eigenvalue weighted by Gasteiger charge is -2.20. The van der Waals surface area contributed by atoms with Crippen molar-refractivity contribution in [3.8, 4) is 5.75 Å².